The van der Waals surface area contributed by atoms with Crippen molar-refractivity contribution in [3.05, 3.63) is 23.9 Å². The molecular formula is C20H33N5O. The normalized spacial score (nSPS) is 19.8. The molecule has 0 bridgehead atoms. The third-order valence-corrected chi connectivity index (χ3v) is 5.56. The molecule has 26 heavy (non-hydrogen) atoms. The van der Waals surface area contributed by atoms with Crippen LogP contribution in [0.2, 0.25) is 0 Å². The molecule has 2 saturated heterocycles. The van der Waals surface area contributed by atoms with E-state index in [1.165, 1.54) is 19.3 Å². The lowest BCUT2D eigenvalue weighted by molar-refractivity contribution is 0.0595. The van der Waals surface area contributed by atoms with Gasteiger partial charge in [-0.25, -0.2) is 9.99 Å². The third kappa shape index (κ3) is 4.35. The van der Waals surface area contributed by atoms with Crippen molar-refractivity contribution >= 4 is 11.7 Å². The molecule has 1 amide bonds. The van der Waals surface area contributed by atoms with E-state index in [0.29, 0.717) is 6.04 Å². The maximum atomic E-state index is 13.0. The minimum absolute atomic E-state index is 0.131. The van der Waals surface area contributed by atoms with Crippen LogP contribution in [-0.4, -0.2) is 77.6 Å². The molecule has 0 atom stereocenters. The predicted molar refractivity (Wildman–Crippen MR) is 105 cm³/mol. The fourth-order valence-corrected chi connectivity index (χ4v) is 3.94. The van der Waals surface area contributed by atoms with E-state index in [4.69, 9.17) is 0 Å². The highest BCUT2D eigenvalue weighted by molar-refractivity contribution is 5.95. The van der Waals surface area contributed by atoms with E-state index in [1.807, 2.05) is 17.0 Å². The molecule has 3 rings (SSSR count). The highest BCUT2D eigenvalue weighted by Gasteiger charge is 2.24. The van der Waals surface area contributed by atoms with Crippen LogP contribution in [0.3, 0.4) is 0 Å². The Morgan fingerprint density at radius 1 is 1.12 bits per heavy atom. The average Bonchev–Trinajstić information content (AvgIpc) is 2.69. The Bertz CT molecular complexity index is 592. The molecule has 0 N–H and O–H groups in total. The summed E-state index contributed by atoms with van der Waals surface area (Å²) >= 11 is 0. The van der Waals surface area contributed by atoms with Crippen molar-refractivity contribution in [3.8, 4) is 0 Å². The fourth-order valence-electron chi connectivity index (χ4n) is 3.94. The van der Waals surface area contributed by atoms with E-state index in [1.54, 1.807) is 6.20 Å². The van der Waals surface area contributed by atoms with Gasteiger partial charge in [-0.3, -0.25) is 14.7 Å². The van der Waals surface area contributed by atoms with Crippen molar-refractivity contribution in [2.75, 3.05) is 50.8 Å². The van der Waals surface area contributed by atoms with Crippen LogP contribution < -0.4 is 5.01 Å². The number of nitrogens with zero attached hydrogens (tertiary/aromatic N) is 5. The molecule has 2 aliphatic heterocycles. The molecule has 0 saturated carbocycles. The second kappa shape index (κ2) is 8.82. The number of piperidine rings is 1. The molecule has 1 aromatic heterocycles. The van der Waals surface area contributed by atoms with Crippen LogP contribution in [0, 0.1) is 0 Å². The van der Waals surface area contributed by atoms with Gasteiger partial charge in [-0.1, -0.05) is 6.42 Å². The first kappa shape index (κ1) is 19.1. The highest BCUT2D eigenvalue weighted by Crippen LogP contribution is 2.20. The van der Waals surface area contributed by atoms with Crippen molar-refractivity contribution in [3.63, 3.8) is 0 Å². The smallest absolute Gasteiger partial charge is 0.254 e. The summed E-state index contributed by atoms with van der Waals surface area (Å²) in [4.78, 5) is 21.9. The standard InChI is InChI=1S/C20H33N5O/c1-4-25(24-10-6-5-7-11-24)19-16-18(8-9-21-19)20(26)23-14-12-22(13-15-23)17(2)3/h8-9,16-17H,4-7,10-15H2,1-3H3. The zero-order valence-electron chi connectivity index (χ0n) is 16.5. The van der Waals surface area contributed by atoms with Gasteiger partial charge in [-0.15, -0.1) is 0 Å². The van der Waals surface area contributed by atoms with Gasteiger partial charge in [0.15, 0.2) is 0 Å². The Kier molecular flexibility index (Phi) is 6.48. The Morgan fingerprint density at radius 3 is 2.42 bits per heavy atom. The first-order valence-corrected chi connectivity index (χ1v) is 10.1. The summed E-state index contributed by atoms with van der Waals surface area (Å²) in [6, 6.07) is 4.36. The highest BCUT2D eigenvalue weighted by atomic mass is 16.2. The van der Waals surface area contributed by atoms with Crippen molar-refractivity contribution < 1.29 is 4.79 Å². The van der Waals surface area contributed by atoms with Crippen LogP contribution in [0.4, 0.5) is 5.82 Å². The molecule has 144 valence electrons. The Labute approximate surface area is 157 Å². The van der Waals surface area contributed by atoms with Gasteiger partial charge >= 0.3 is 0 Å². The summed E-state index contributed by atoms with van der Waals surface area (Å²) in [6.07, 6.45) is 5.55. The maximum absolute atomic E-state index is 13.0. The van der Waals surface area contributed by atoms with E-state index in [-0.39, 0.29) is 5.91 Å². The summed E-state index contributed by atoms with van der Waals surface area (Å²) in [5.74, 6) is 1.02. The monoisotopic (exact) mass is 359 g/mol. The zero-order valence-corrected chi connectivity index (χ0v) is 16.5. The summed E-state index contributed by atoms with van der Waals surface area (Å²) < 4.78 is 0. The molecule has 0 aliphatic carbocycles. The number of rotatable bonds is 5. The maximum Gasteiger partial charge on any atom is 0.254 e. The Hall–Kier alpha value is -1.66. The van der Waals surface area contributed by atoms with Crippen molar-refractivity contribution in [1.82, 2.24) is 19.8 Å². The number of piperazine rings is 1. The number of hydrazine groups is 1. The van der Waals surface area contributed by atoms with Gasteiger partial charge in [0.2, 0.25) is 0 Å². The van der Waals surface area contributed by atoms with Crippen LogP contribution in [0.1, 0.15) is 50.4 Å². The zero-order chi connectivity index (χ0) is 18.5. The van der Waals surface area contributed by atoms with Crippen LogP contribution in [0.25, 0.3) is 0 Å². The second-order valence-electron chi connectivity index (χ2n) is 7.55. The summed E-state index contributed by atoms with van der Waals surface area (Å²) in [5, 5.41) is 4.61. The molecule has 0 unspecified atom stereocenters. The first-order chi connectivity index (χ1) is 12.6. The van der Waals surface area contributed by atoms with Crippen molar-refractivity contribution in [2.45, 2.75) is 46.1 Å². The molecule has 6 heteroatoms. The van der Waals surface area contributed by atoms with E-state index in [0.717, 1.165) is 57.2 Å². The minimum atomic E-state index is 0.131. The second-order valence-corrected chi connectivity index (χ2v) is 7.55. The largest absolute Gasteiger partial charge is 0.336 e. The van der Waals surface area contributed by atoms with Crippen LogP contribution in [-0.2, 0) is 0 Å². The van der Waals surface area contributed by atoms with Crippen molar-refractivity contribution in [1.29, 1.82) is 0 Å². The van der Waals surface area contributed by atoms with E-state index >= 15 is 0 Å². The van der Waals surface area contributed by atoms with Crippen LogP contribution in [0.5, 0.6) is 0 Å². The van der Waals surface area contributed by atoms with Crippen LogP contribution >= 0.6 is 0 Å². The molecule has 2 fully saturated rings. The van der Waals surface area contributed by atoms with Gasteiger partial charge in [0.25, 0.3) is 5.91 Å². The van der Waals surface area contributed by atoms with Crippen LogP contribution in [0.15, 0.2) is 18.3 Å². The lowest BCUT2D eigenvalue weighted by Crippen LogP contribution is -2.50. The van der Waals surface area contributed by atoms with Gasteiger partial charge in [0.1, 0.15) is 5.82 Å². The average molecular weight is 360 g/mol. The Balaban J connectivity index is 1.69. The third-order valence-electron chi connectivity index (χ3n) is 5.56. The SMILES string of the molecule is CCN(c1cc(C(=O)N2CCN(C(C)C)CC2)ccn1)N1CCCCC1. The summed E-state index contributed by atoms with van der Waals surface area (Å²) in [5.41, 5.74) is 0.753. The quantitative estimate of drug-likeness (QED) is 0.808. The molecule has 0 aromatic carbocycles. The number of amides is 1. The van der Waals surface area contributed by atoms with Gasteiger partial charge in [-0.05, 0) is 45.7 Å². The first-order valence-electron chi connectivity index (χ1n) is 10.1. The van der Waals surface area contributed by atoms with Gasteiger partial charge < -0.3 is 4.90 Å². The molecule has 0 spiro atoms. The summed E-state index contributed by atoms with van der Waals surface area (Å²) in [6.45, 7) is 13.1. The van der Waals surface area contributed by atoms with E-state index in [2.05, 4.69) is 40.7 Å². The molecule has 6 nitrogen and oxygen atoms in total. The minimum Gasteiger partial charge on any atom is -0.336 e. The van der Waals surface area contributed by atoms with E-state index < -0.39 is 0 Å². The number of aromatic nitrogens is 1. The van der Waals surface area contributed by atoms with Crippen molar-refractivity contribution in [2.24, 2.45) is 0 Å². The number of hydrogen-bond donors (Lipinski definition) is 0. The predicted octanol–water partition coefficient (Wildman–Crippen LogP) is 2.48. The molecular weight excluding hydrogens is 326 g/mol. The molecule has 3 heterocycles. The van der Waals surface area contributed by atoms with E-state index in [9.17, 15) is 4.79 Å². The molecule has 1 aromatic rings. The fraction of sp³-hybridized carbons (Fsp3) is 0.700. The topological polar surface area (TPSA) is 42.9 Å². The summed E-state index contributed by atoms with van der Waals surface area (Å²) in [7, 11) is 0. The Morgan fingerprint density at radius 2 is 1.81 bits per heavy atom. The number of carbonyl (C=O) groups excluding carboxylic acids is 1. The lowest BCUT2D eigenvalue weighted by Gasteiger charge is -2.38. The molecule has 2 aliphatic rings. The molecule has 0 radical (unpaired) electrons. The van der Waals surface area contributed by atoms with Gasteiger partial charge in [-0.2, -0.15) is 0 Å². The van der Waals surface area contributed by atoms with Gasteiger partial charge in [0.05, 0.1) is 0 Å². The lowest BCUT2D eigenvalue weighted by atomic mass is 10.1. The van der Waals surface area contributed by atoms with Gasteiger partial charge in [0, 0.05) is 63.6 Å². The number of anilines is 1. The number of pyridine rings is 1. The number of hydrogen-bond acceptors (Lipinski definition) is 5. The number of carbonyl (C=O) groups is 1.